The topological polar surface area (TPSA) is 4.93 Å². The van der Waals surface area contributed by atoms with Gasteiger partial charge < -0.3 is 4.57 Å². The lowest BCUT2D eigenvalue weighted by atomic mass is 9.85. The highest BCUT2D eigenvalue weighted by Gasteiger charge is 2.26. The number of hydrogen-bond donors (Lipinski definition) is 0. The van der Waals surface area contributed by atoms with Gasteiger partial charge in [0.2, 0.25) is 0 Å². The molecule has 4 rings (SSSR count). The van der Waals surface area contributed by atoms with Gasteiger partial charge >= 0.3 is 0 Å². The summed E-state index contributed by atoms with van der Waals surface area (Å²) in [6.07, 6.45) is 9.74. The van der Waals surface area contributed by atoms with Crippen LogP contribution in [0.15, 0.2) is 36.4 Å². The maximum Gasteiger partial charge on any atom is 0.123 e. The van der Waals surface area contributed by atoms with Crippen molar-refractivity contribution in [3.63, 3.8) is 0 Å². The highest BCUT2D eigenvalue weighted by atomic mass is 35.5. The van der Waals surface area contributed by atoms with E-state index < -0.39 is 0 Å². The van der Waals surface area contributed by atoms with Gasteiger partial charge in [0.15, 0.2) is 0 Å². The van der Waals surface area contributed by atoms with Crippen LogP contribution in [0.1, 0.15) is 102 Å². The van der Waals surface area contributed by atoms with Crippen LogP contribution in [0.3, 0.4) is 0 Å². The lowest BCUT2D eigenvalue weighted by Crippen LogP contribution is -2.11. The van der Waals surface area contributed by atoms with Crippen LogP contribution in [-0.2, 0) is 6.42 Å². The first-order chi connectivity index (χ1) is 15.5. The number of aryl methyl sites for hydroxylation is 2. The van der Waals surface area contributed by atoms with Crippen molar-refractivity contribution in [2.24, 2.45) is 0 Å². The van der Waals surface area contributed by atoms with Crippen molar-refractivity contribution in [1.82, 2.24) is 4.57 Å². The summed E-state index contributed by atoms with van der Waals surface area (Å²) in [5.74, 6) is 0.361. The van der Waals surface area contributed by atoms with Crippen LogP contribution in [0, 0.1) is 12.7 Å². The van der Waals surface area contributed by atoms with Crippen molar-refractivity contribution in [2.75, 3.05) is 0 Å². The summed E-state index contributed by atoms with van der Waals surface area (Å²) < 4.78 is 15.9. The molecule has 0 amide bonds. The fraction of sp³-hybridized carbons (Fsp3) is 0.517. The maximum atomic E-state index is 13.6. The van der Waals surface area contributed by atoms with Gasteiger partial charge in [0.25, 0.3) is 0 Å². The van der Waals surface area contributed by atoms with Crippen molar-refractivity contribution in [2.45, 2.75) is 98.8 Å². The molecule has 2 aromatic carbocycles. The second kappa shape index (κ2) is 13.0. The first-order valence-electron chi connectivity index (χ1n) is 12.6. The SMILES string of the molecule is CC.CCC.CCCc1cc(Cl)cc2c1c(C)c(C1CCCCC1)n2-c1ccc(F)cc1. The van der Waals surface area contributed by atoms with Gasteiger partial charge in [-0.05, 0) is 79.6 Å². The molecule has 3 heteroatoms. The number of benzene rings is 2. The molecule has 1 nitrogen and oxygen atoms in total. The van der Waals surface area contributed by atoms with E-state index in [1.165, 1.54) is 60.7 Å². The molecule has 0 N–H and O–H groups in total. The van der Waals surface area contributed by atoms with Crippen molar-refractivity contribution in [1.29, 1.82) is 0 Å². The Morgan fingerprint density at radius 3 is 2.12 bits per heavy atom. The first kappa shape index (κ1) is 26.5. The van der Waals surface area contributed by atoms with Crippen LogP contribution in [0.4, 0.5) is 4.39 Å². The number of nitrogens with zero attached hydrogens (tertiary/aromatic N) is 1. The molecule has 1 fully saturated rings. The Balaban J connectivity index is 0.000000671. The van der Waals surface area contributed by atoms with Crippen LogP contribution in [-0.4, -0.2) is 4.57 Å². The van der Waals surface area contributed by atoms with Crippen LogP contribution >= 0.6 is 11.6 Å². The van der Waals surface area contributed by atoms with E-state index in [0.717, 1.165) is 29.1 Å². The Morgan fingerprint density at radius 1 is 0.969 bits per heavy atom. The maximum absolute atomic E-state index is 13.6. The van der Waals surface area contributed by atoms with E-state index in [4.69, 9.17) is 11.6 Å². The number of hydrogen-bond acceptors (Lipinski definition) is 0. The third kappa shape index (κ3) is 5.95. The van der Waals surface area contributed by atoms with Gasteiger partial charge in [-0.15, -0.1) is 0 Å². The highest BCUT2D eigenvalue weighted by molar-refractivity contribution is 6.31. The summed E-state index contributed by atoms with van der Waals surface area (Å²) in [5, 5.41) is 2.12. The normalized spacial score (nSPS) is 13.9. The smallest absolute Gasteiger partial charge is 0.123 e. The summed E-state index contributed by atoms with van der Waals surface area (Å²) >= 11 is 6.52. The molecule has 32 heavy (non-hydrogen) atoms. The van der Waals surface area contributed by atoms with Crippen LogP contribution in [0.2, 0.25) is 5.02 Å². The Labute approximate surface area is 200 Å². The minimum atomic E-state index is -0.198. The lowest BCUT2D eigenvalue weighted by Gasteiger charge is -2.25. The molecule has 0 saturated heterocycles. The molecule has 0 atom stereocenters. The molecule has 176 valence electrons. The monoisotopic (exact) mass is 457 g/mol. The summed E-state index contributed by atoms with van der Waals surface area (Å²) in [6, 6.07) is 11.1. The van der Waals surface area contributed by atoms with Gasteiger partial charge in [-0.2, -0.15) is 0 Å². The lowest BCUT2D eigenvalue weighted by molar-refractivity contribution is 0.432. The predicted octanol–water partition coefficient (Wildman–Crippen LogP) is 10.2. The van der Waals surface area contributed by atoms with E-state index in [-0.39, 0.29) is 5.82 Å². The summed E-state index contributed by atoms with van der Waals surface area (Å²) in [5.41, 5.74) is 6.29. The predicted molar refractivity (Wildman–Crippen MR) is 140 cm³/mol. The van der Waals surface area contributed by atoms with Gasteiger partial charge in [-0.1, -0.05) is 78.3 Å². The van der Waals surface area contributed by atoms with E-state index in [9.17, 15) is 4.39 Å². The van der Waals surface area contributed by atoms with E-state index in [2.05, 4.69) is 44.4 Å². The van der Waals surface area contributed by atoms with Crippen LogP contribution < -0.4 is 0 Å². The van der Waals surface area contributed by atoms with Crippen molar-refractivity contribution in [3.05, 3.63) is 64.1 Å². The molecule has 1 aromatic heterocycles. The summed E-state index contributed by atoms with van der Waals surface area (Å²) in [6.45, 7) is 12.7. The van der Waals surface area contributed by atoms with Crippen molar-refractivity contribution >= 4 is 22.5 Å². The molecular weight excluding hydrogens is 417 g/mol. The Hall–Kier alpha value is -1.80. The zero-order valence-electron chi connectivity index (χ0n) is 20.9. The number of rotatable bonds is 4. The molecule has 0 unspecified atom stereocenters. The average molecular weight is 458 g/mol. The fourth-order valence-electron chi connectivity index (χ4n) is 4.88. The second-order valence-corrected chi connectivity index (χ2v) is 9.01. The van der Waals surface area contributed by atoms with E-state index in [1.807, 2.05) is 26.0 Å². The molecule has 1 aliphatic carbocycles. The summed E-state index contributed by atoms with van der Waals surface area (Å²) in [4.78, 5) is 0. The first-order valence-corrected chi connectivity index (χ1v) is 13.0. The summed E-state index contributed by atoms with van der Waals surface area (Å²) in [7, 11) is 0. The Bertz CT molecular complexity index is 965. The van der Waals surface area contributed by atoms with Gasteiger partial charge in [0, 0.05) is 21.8 Å². The molecule has 1 heterocycles. The molecule has 3 aromatic rings. The molecule has 0 spiro atoms. The van der Waals surface area contributed by atoms with E-state index >= 15 is 0 Å². The van der Waals surface area contributed by atoms with Crippen molar-refractivity contribution in [3.8, 4) is 5.69 Å². The molecule has 0 radical (unpaired) electrons. The minimum Gasteiger partial charge on any atom is -0.313 e. The fourth-order valence-corrected chi connectivity index (χ4v) is 5.12. The number of halogens is 2. The second-order valence-electron chi connectivity index (χ2n) is 8.57. The Kier molecular flexibility index (Phi) is 10.8. The number of aromatic nitrogens is 1. The minimum absolute atomic E-state index is 0.198. The van der Waals surface area contributed by atoms with Gasteiger partial charge in [0.05, 0.1) is 5.52 Å². The van der Waals surface area contributed by atoms with Crippen LogP contribution in [0.25, 0.3) is 16.6 Å². The third-order valence-electron chi connectivity index (χ3n) is 6.00. The van der Waals surface area contributed by atoms with Crippen molar-refractivity contribution < 1.29 is 4.39 Å². The standard InChI is InChI=1S/C24H27ClFN.C3H8.C2H6/c1-3-7-18-14-19(25)15-22-23(18)16(2)24(17-8-5-4-6-9-17)27(22)21-12-10-20(26)11-13-21;1-3-2;1-2/h10-15,17H,3-9H2,1-2H3;3H2,1-2H3;1-2H3. The number of fused-ring (bicyclic) bond motifs is 1. The molecule has 1 saturated carbocycles. The van der Waals surface area contributed by atoms with Gasteiger partial charge in [-0.25, -0.2) is 4.39 Å². The van der Waals surface area contributed by atoms with E-state index in [1.54, 1.807) is 12.1 Å². The highest BCUT2D eigenvalue weighted by Crippen LogP contribution is 2.42. The average Bonchev–Trinajstić information content (AvgIpc) is 3.09. The van der Waals surface area contributed by atoms with Gasteiger partial charge in [-0.3, -0.25) is 0 Å². The third-order valence-corrected chi connectivity index (χ3v) is 6.22. The Morgan fingerprint density at radius 2 is 1.56 bits per heavy atom. The molecule has 1 aliphatic rings. The zero-order chi connectivity index (χ0) is 23.7. The molecular formula is C29H41ClFN. The van der Waals surface area contributed by atoms with Gasteiger partial charge in [0.1, 0.15) is 5.82 Å². The zero-order valence-corrected chi connectivity index (χ0v) is 21.7. The largest absolute Gasteiger partial charge is 0.313 e. The molecule has 0 aliphatic heterocycles. The van der Waals surface area contributed by atoms with Crippen LogP contribution in [0.5, 0.6) is 0 Å². The molecule has 0 bridgehead atoms. The van der Waals surface area contributed by atoms with E-state index in [0.29, 0.717) is 5.92 Å². The quantitative estimate of drug-likeness (QED) is 0.367.